The van der Waals surface area contributed by atoms with Gasteiger partial charge < -0.3 is 15.4 Å². The highest BCUT2D eigenvalue weighted by Crippen LogP contribution is 2.17. The lowest BCUT2D eigenvalue weighted by Gasteiger charge is -2.08. The second-order valence-electron chi connectivity index (χ2n) is 5.15. The molecule has 0 unspecified atom stereocenters. The molecular weight excluding hydrogens is 362 g/mol. The van der Waals surface area contributed by atoms with Crippen molar-refractivity contribution in [2.45, 2.75) is 0 Å². The van der Waals surface area contributed by atoms with Crippen LogP contribution in [0.25, 0.3) is 0 Å². The van der Waals surface area contributed by atoms with Crippen molar-refractivity contribution in [2.24, 2.45) is 0 Å². The summed E-state index contributed by atoms with van der Waals surface area (Å²) >= 11 is 5.75. The van der Waals surface area contributed by atoms with E-state index in [4.69, 9.17) is 16.3 Å². The lowest BCUT2D eigenvalue weighted by molar-refractivity contribution is -0.384. The number of benzene rings is 2. The summed E-state index contributed by atoms with van der Waals surface area (Å²) in [4.78, 5) is 33.5. The molecule has 2 aromatic carbocycles. The molecule has 0 bridgehead atoms. The van der Waals surface area contributed by atoms with Gasteiger partial charge in [-0.1, -0.05) is 11.6 Å². The number of hydrogen-bond acceptors (Lipinski definition) is 5. The predicted molar refractivity (Wildman–Crippen MR) is 95.4 cm³/mol. The average molecular weight is 378 g/mol. The maximum Gasteiger partial charge on any atom is 0.269 e. The minimum Gasteiger partial charge on any atom is -0.484 e. The minimum absolute atomic E-state index is 0.0572. The zero-order chi connectivity index (χ0) is 18.9. The van der Waals surface area contributed by atoms with Gasteiger partial charge in [0, 0.05) is 35.8 Å². The number of carbonyl (C=O) groups excluding carboxylic acids is 2. The van der Waals surface area contributed by atoms with Crippen LogP contribution in [0.15, 0.2) is 48.5 Å². The molecule has 136 valence electrons. The van der Waals surface area contributed by atoms with Crippen molar-refractivity contribution in [1.29, 1.82) is 0 Å². The van der Waals surface area contributed by atoms with Crippen LogP contribution in [0, 0.1) is 10.1 Å². The van der Waals surface area contributed by atoms with Crippen LogP contribution in [0.5, 0.6) is 5.75 Å². The van der Waals surface area contributed by atoms with Crippen LogP contribution >= 0.6 is 11.6 Å². The van der Waals surface area contributed by atoms with E-state index in [2.05, 4.69) is 10.6 Å². The average Bonchev–Trinajstić information content (AvgIpc) is 2.64. The lowest BCUT2D eigenvalue weighted by atomic mass is 10.2. The molecule has 9 heteroatoms. The van der Waals surface area contributed by atoms with Crippen molar-refractivity contribution < 1.29 is 19.2 Å². The molecule has 26 heavy (non-hydrogen) atoms. The normalized spacial score (nSPS) is 10.0. The maximum atomic E-state index is 11.8. The summed E-state index contributed by atoms with van der Waals surface area (Å²) in [7, 11) is 0. The summed E-state index contributed by atoms with van der Waals surface area (Å²) < 4.78 is 5.23. The molecular formula is C17H16ClN3O5. The molecule has 0 aliphatic carbocycles. The Morgan fingerprint density at radius 1 is 1.00 bits per heavy atom. The van der Waals surface area contributed by atoms with Gasteiger partial charge in [-0.25, -0.2) is 0 Å². The summed E-state index contributed by atoms with van der Waals surface area (Å²) in [5, 5.41) is 16.3. The van der Waals surface area contributed by atoms with Crippen LogP contribution in [-0.4, -0.2) is 36.4 Å². The first-order valence-electron chi connectivity index (χ1n) is 7.63. The third-order valence-electron chi connectivity index (χ3n) is 3.26. The Hall–Kier alpha value is -3.13. The Balaban J connectivity index is 1.65. The van der Waals surface area contributed by atoms with Crippen LogP contribution < -0.4 is 15.4 Å². The first-order valence-corrected chi connectivity index (χ1v) is 8.01. The van der Waals surface area contributed by atoms with E-state index >= 15 is 0 Å². The summed E-state index contributed by atoms with van der Waals surface area (Å²) in [6.45, 7) is 0.259. The highest BCUT2D eigenvalue weighted by Gasteiger charge is 2.07. The molecule has 2 rings (SSSR count). The van der Waals surface area contributed by atoms with E-state index in [1.54, 1.807) is 24.3 Å². The molecule has 2 aromatic rings. The van der Waals surface area contributed by atoms with Gasteiger partial charge in [0.15, 0.2) is 6.61 Å². The number of halogens is 1. The molecule has 0 atom stereocenters. The van der Waals surface area contributed by atoms with Crippen LogP contribution in [0.4, 0.5) is 5.69 Å². The number of carbonyl (C=O) groups is 2. The van der Waals surface area contributed by atoms with Crippen molar-refractivity contribution in [3.63, 3.8) is 0 Å². The second-order valence-corrected chi connectivity index (χ2v) is 5.59. The van der Waals surface area contributed by atoms with E-state index in [1.165, 1.54) is 24.3 Å². The summed E-state index contributed by atoms with van der Waals surface area (Å²) in [5.41, 5.74) is 0.417. The van der Waals surface area contributed by atoms with E-state index in [9.17, 15) is 19.7 Å². The van der Waals surface area contributed by atoms with E-state index in [-0.39, 0.29) is 37.2 Å². The quantitative estimate of drug-likeness (QED) is 0.416. The molecule has 0 fully saturated rings. The number of nitrogens with one attached hydrogen (secondary N) is 2. The summed E-state index contributed by atoms with van der Waals surface area (Å²) in [5.74, 6) is -0.288. The number of nitro groups is 1. The molecule has 0 radical (unpaired) electrons. The smallest absolute Gasteiger partial charge is 0.269 e. The Labute approximate surface area is 154 Å². The van der Waals surface area contributed by atoms with Crippen molar-refractivity contribution in [1.82, 2.24) is 10.6 Å². The molecule has 0 heterocycles. The number of nitro benzene ring substituents is 1. The fourth-order valence-electron chi connectivity index (χ4n) is 1.95. The highest BCUT2D eigenvalue weighted by atomic mass is 35.5. The summed E-state index contributed by atoms with van der Waals surface area (Å²) in [6, 6.07) is 11.9. The molecule has 2 N–H and O–H groups in total. The topological polar surface area (TPSA) is 111 Å². The highest BCUT2D eigenvalue weighted by molar-refractivity contribution is 6.30. The molecule has 8 nitrogen and oxygen atoms in total. The number of hydrogen-bond donors (Lipinski definition) is 2. The van der Waals surface area contributed by atoms with Crippen molar-refractivity contribution in [3.8, 4) is 5.75 Å². The van der Waals surface area contributed by atoms with Crippen LogP contribution in [0.2, 0.25) is 5.02 Å². The minimum atomic E-state index is -0.519. The van der Waals surface area contributed by atoms with Gasteiger partial charge in [-0.3, -0.25) is 19.7 Å². The molecule has 0 aromatic heterocycles. The zero-order valence-corrected chi connectivity index (χ0v) is 14.4. The Bertz CT molecular complexity index is 778. The van der Waals surface area contributed by atoms with Gasteiger partial charge >= 0.3 is 0 Å². The standard InChI is InChI=1S/C17H16ClN3O5/c18-13-3-1-12(2-4-13)17(23)20-10-9-19-16(22)11-26-15-7-5-14(6-8-15)21(24)25/h1-8H,9-11H2,(H,19,22)(H,20,23). The Morgan fingerprint density at radius 2 is 1.62 bits per heavy atom. The number of non-ortho nitro benzene ring substituents is 1. The van der Waals surface area contributed by atoms with Gasteiger partial charge in [0.25, 0.3) is 17.5 Å². The van der Waals surface area contributed by atoms with E-state index < -0.39 is 4.92 Å². The largest absolute Gasteiger partial charge is 0.484 e. The second kappa shape index (κ2) is 9.38. The third-order valence-corrected chi connectivity index (χ3v) is 3.51. The van der Waals surface area contributed by atoms with Gasteiger partial charge in [-0.05, 0) is 36.4 Å². The number of rotatable bonds is 8. The first-order chi connectivity index (χ1) is 12.5. The number of nitrogens with zero attached hydrogens (tertiary/aromatic N) is 1. The fraction of sp³-hybridized carbons (Fsp3) is 0.176. The SMILES string of the molecule is O=C(COc1ccc([N+](=O)[O-])cc1)NCCNC(=O)c1ccc(Cl)cc1. The molecule has 0 saturated heterocycles. The third kappa shape index (κ3) is 6.06. The van der Waals surface area contributed by atoms with Gasteiger partial charge in [0.2, 0.25) is 0 Å². The predicted octanol–water partition coefficient (Wildman–Crippen LogP) is 2.17. The molecule has 0 spiro atoms. The van der Waals surface area contributed by atoms with Crippen molar-refractivity contribution in [2.75, 3.05) is 19.7 Å². The maximum absolute atomic E-state index is 11.8. The summed E-state index contributed by atoms with van der Waals surface area (Å²) in [6.07, 6.45) is 0. The fourth-order valence-corrected chi connectivity index (χ4v) is 2.07. The molecule has 2 amide bonds. The van der Waals surface area contributed by atoms with Crippen LogP contribution in [0.1, 0.15) is 10.4 Å². The number of ether oxygens (including phenoxy) is 1. The van der Waals surface area contributed by atoms with Gasteiger partial charge in [-0.2, -0.15) is 0 Å². The Kier molecular flexibility index (Phi) is 6.92. The van der Waals surface area contributed by atoms with E-state index in [1.807, 2.05) is 0 Å². The van der Waals surface area contributed by atoms with Crippen LogP contribution in [0.3, 0.4) is 0 Å². The van der Waals surface area contributed by atoms with Gasteiger partial charge in [0.05, 0.1) is 4.92 Å². The van der Waals surface area contributed by atoms with Gasteiger partial charge in [0.1, 0.15) is 5.75 Å². The van der Waals surface area contributed by atoms with Crippen LogP contribution in [-0.2, 0) is 4.79 Å². The van der Waals surface area contributed by atoms with E-state index in [0.29, 0.717) is 16.3 Å². The first kappa shape index (κ1) is 19.2. The monoisotopic (exact) mass is 377 g/mol. The molecule has 0 aliphatic rings. The van der Waals surface area contributed by atoms with Crippen molar-refractivity contribution in [3.05, 3.63) is 69.2 Å². The van der Waals surface area contributed by atoms with Gasteiger partial charge in [-0.15, -0.1) is 0 Å². The lowest BCUT2D eigenvalue weighted by Crippen LogP contribution is -2.36. The molecule has 0 saturated carbocycles. The Morgan fingerprint density at radius 3 is 2.23 bits per heavy atom. The molecule has 0 aliphatic heterocycles. The van der Waals surface area contributed by atoms with E-state index in [0.717, 1.165) is 0 Å². The zero-order valence-electron chi connectivity index (χ0n) is 13.6. The number of amides is 2. The van der Waals surface area contributed by atoms with Crippen molar-refractivity contribution >= 4 is 29.1 Å².